The molecule has 142 valence electrons. The number of carbonyl (C=O) groups excluding carboxylic acids is 1. The summed E-state index contributed by atoms with van der Waals surface area (Å²) in [6, 6.07) is 16.3. The van der Waals surface area contributed by atoms with Crippen molar-refractivity contribution in [3.05, 3.63) is 65.5 Å². The highest BCUT2D eigenvalue weighted by atomic mass is 32.2. The molecule has 2 aromatic heterocycles. The molecule has 0 bridgehead atoms. The molecule has 28 heavy (non-hydrogen) atoms. The Morgan fingerprint density at radius 2 is 1.93 bits per heavy atom. The van der Waals surface area contributed by atoms with Crippen LogP contribution in [0.25, 0.3) is 16.6 Å². The number of nitrogens with zero attached hydrogens (tertiary/aromatic N) is 4. The zero-order valence-electron chi connectivity index (χ0n) is 16.0. The number of aromatic nitrogens is 4. The average molecular weight is 392 g/mol. The van der Waals surface area contributed by atoms with Gasteiger partial charge in [-0.25, -0.2) is 4.98 Å². The minimum Gasteiger partial charge on any atom is -0.349 e. The Labute approximate surface area is 167 Å². The molecule has 7 heteroatoms. The second-order valence-electron chi connectivity index (χ2n) is 6.80. The van der Waals surface area contributed by atoms with E-state index >= 15 is 0 Å². The number of rotatable bonds is 5. The lowest BCUT2D eigenvalue weighted by atomic mass is 10.00. The minimum atomic E-state index is -0.0830. The monoisotopic (exact) mass is 391 g/mol. The van der Waals surface area contributed by atoms with Crippen LogP contribution in [0.1, 0.15) is 29.9 Å². The van der Waals surface area contributed by atoms with Crippen LogP contribution in [-0.4, -0.2) is 31.2 Å². The number of aryl methyl sites for hydroxylation is 2. The van der Waals surface area contributed by atoms with Gasteiger partial charge in [-0.15, -0.1) is 10.2 Å². The molecule has 1 atom stereocenters. The van der Waals surface area contributed by atoms with Gasteiger partial charge in [0.25, 0.3) is 5.78 Å². The Morgan fingerprint density at radius 3 is 2.79 bits per heavy atom. The van der Waals surface area contributed by atoms with Gasteiger partial charge in [0.1, 0.15) is 0 Å². The first kappa shape index (κ1) is 18.4. The fourth-order valence-electron chi connectivity index (χ4n) is 3.41. The summed E-state index contributed by atoms with van der Waals surface area (Å²) in [7, 11) is 0. The van der Waals surface area contributed by atoms with E-state index in [1.807, 2.05) is 49.4 Å². The molecule has 2 aromatic carbocycles. The Hall–Kier alpha value is -2.93. The number of thioether (sulfide) groups is 1. The minimum absolute atomic E-state index is 0.0418. The van der Waals surface area contributed by atoms with E-state index in [0.717, 1.165) is 22.3 Å². The van der Waals surface area contributed by atoms with Crippen LogP contribution >= 0.6 is 11.8 Å². The first-order chi connectivity index (χ1) is 13.5. The van der Waals surface area contributed by atoms with Crippen molar-refractivity contribution < 1.29 is 4.79 Å². The first-order valence-corrected chi connectivity index (χ1v) is 10.1. The Kier molecular flexibility index (Phi) is 5.00. The highest BCUT2D eigenvalue weighted by molar-refractivity contribution is 7.99. The van der Waals surface area contributed by atoms with E-state index < -0.39 is 0 Å². The van der Waals surface area contributed by atoms with Gasteiger partial charge in [0.05, 0.1) is 11.8 Å². The van der Waals surface area contributed by atoms with Gasteiger partial charge in [-0.05, 0) is 43.2 Å². The first-order valence-electron chi connectivity index (χ1n) is 9.12. The third-order valence-electron chi connectivity index (χ3n) is 4.66. The molecule has 0 fully saturated rings. The molecule has 6 nitrogen and oxygen atoms in total. The van der Waals surface area contributed by atoms with Crippen molar-refractivity contribution in [1.82, 2.24) is 24.9 Å². The van der Waals surface area contributed by atoms with E-state index in [2.05, 4.69) is 44.8 Å². The third-order valence-corrected chi connectivity index (χ3v) is 5.59. The summed E-state index contributed by atoms with van der Waals surface area (Å²) in [5.74, 6) is 0.785. The molecule has 2 heterocycles. The van der Waals surface area contributed by atoms with Crippen molar-refractivity contribution in [2.45, 2.75) is 32.0 Å². The van der Waals surface area contributed by atoms with Crippen molar-refractivity contribution in [2.24, 2.45) is 0 Å². The molecule has 0 saturated heterocycles. The largest absolute Gasteiger partial charge is 0.349 e. The molecule has 0 spiro atoms. The molecule has 0 radical (unpaired) electrons. The molecule has 0 aliphatic rings. The standard InChI is InChI=1S/C21H21N5OS/c1-13-11-14(2)26-20(22-13)24-25-21(26)28-12-19(27)23-15(3)17-10-6-8-16-7-4-5-9-18(16)17/h4-11,15H,12H2,1-3H3,(H,23,27)/t15-/m1/s1. The number of hydrogen-bond donors (Lipinski definition) is 1. The van der Waals surface area contributed by atoms with Crippen LogP contribution in [0.5, 0.6) is 0 Å². The van der Waals surface area contributed by atoms with Crippen molar-refractivity contribution in [2.75, 3.05) is 5.75 Å². The molecule has 1 N–H and O–H groups in total. The zero-order valence-corrected chi connectivity index (χ0v) is 16.8. The maximum atomic E-state index is 12.5. The lowest BCUT2D eigenvalue weighted by molar-refractivity contribution is -0.119. The van der Waals surface area contributed by atoms with E-state index in [0.29, 0.717) is 10.9 Å². The SMILES string of the molecule is Cc1cc(C)n2c(SCC(=O)N[C@H](C)c3cccc4ccccc34)nnc2n1. The maximum Gasteiger partial charge on any atom is 0.256 e. The summed E-state index contributed by atoms with van der Waals surface area (Å²) in [6.07, 6.45) is 0. The average Bonchev–Trinajstić information content (AvgIpc) is 3.09. The van der Waals surface area contributed by atoms with Crippen LogP contribution in [0, 0.1) is 13.8 Å². The predicted octanol–water partition coefficient (Wildman–Crippen LogP) is 3.86. The van der Waals surface area contributed by atoms with Gasteiger partial charge < -0.3 is 5.32 Å². The van der Waals surface area contributed by atoms with E-state index in [9.17, 15) is 4.79 Å². The van der Waals surface area contributed by atoms with Crippen molar-refractivity contribution in [3.8, 4) is 0 Å². The van der Waals surface area contributed by atoms with Crippen LogP contribution in [-0.2, 0) is 4.79 Å². The molecule has 4 rings (SSSR count). The molecule has 0 saturated carbocycles. The summed E-state index contributed by atoms with van der Waals surface area (Å²) in [4.78, 5) is 16.9. The van der Waals surface area contributed by atoms with Crippen molar-refractivity contribution >= 4 is 34.2 Å². The van der Waals surface area contributed by atoms with Gasteiger partial charge in [0.15, 0.2) is 5.16 Å². The van der Waals surface area contributed by atoms with Crippen LogP contribution in [0.15, 0.2) is 53.7 Å². The van der Waals surface area contributed by atoms with Crippen LogP contribution in [0.2, 0.25) is 0 Å². The molecular formula is C21H21N5OS. The van der Waals surface area contributed by atoms with E-state index in [1.54, 1.807) is 0 Å². The summed E-state index contributed by atoms with van der Waals surface area (Å²) in [5, 5.41) is 14.4. The highest BCUT2D eigenvalue weighted by Crippen LogP contribution is 2.24. The van der Waals surface area contributed by atoms with Crippen LogP contribution in [0.4, 0.5) is 0 Å². The summed E-state index contributed by atoms with van der Waals surface area (Å²) in [6.45, 7) is 5.92. The van der Waals surface area contributed by atoms with Gasteiger partial charge in [-0.2, -0.15) is 0 Å². The molecule has 1 amide bonds. The number of carbonyl (C=O) groups is 1. The molecular weight excluding hydrogens is 370 g/mol. The fourth-order valence-corrected chi connectivity index (χ4v) is 4.21. The van der Waals surface area contributed by atoms with E-state index in [1.165, 1.54) is 17.1 Å². The number of nitrogens with one attached hydrogen (secondary N) is 1. The predicted molar refractivity (Wildman–Crippen MR) is 111 cm³/mol. The van der Waals surface area contributed by atoms with Crippen molar-refractivity contribution in [1.29, 1.82) is 0 Å². The molecule has 0 unspecified atom stereocenters. The number of fused-ring (bicyclic) bond motifs is 2. The second-order valence-corrected chi connectivity index (χ2v) is 7.75. The van der Waals surface area contributed by atoms with Gasteiger partial charge in [0.2, 0.25) is 5.91 Å². The fraction of sp³-hybridized carbons (Fsp3) is 0.238. The van der Waals surface area contributed by atoms with Gasteiger partial charge >= 0.3 is 0 Å². The smallest absolute Gasteiger partial charge is 0.256 e. The molecule has 0 aliphatic heterocycles. The summed E-state index contributed by atoms with van der Waals surface area (Å²) in [5.41, 5.74) is 3.01. The Bertz CT molecular complexity index is 1160. The van der Waals surface area contributed by atoms with E-state index in [4.69, 9.17) is 0 Å². The quantitative estimate of drug-likeness (QED) is 0.523. The lowest BCUT2D eigenvalue weighted by Gasteiger charge is -2.16. The Morgan fingerprint density at radius 1 is 1.14 bits per heavy atom. The zero-order chi connectivity index (χ0) is 19.7. The second kappa shape index (κ2) is 7.59. The highest BCUT2D eigenvalue weighted by Gasteiger charge is 2.15. The van der Waals surface area contributed by atoms with E-state index in [-0.39, 0.29) is 17.7 Å². The maximum absolute atomic E-state index is 12.5. The number of hydrogen-bond acceptors (Lipinski definition) is 5. The van der Waals surface area contributed by atoms with Gasteiger partial charge in [-0.1, -0.05) is 54.2 Å². The van der Waals surface area contributed by atoms with Crippen molar-refractivity contribution in [3.63, 3.8) is 0 Å². The summed E-state index contributed by atoms with van der Waals surface area (Å²) >= 11 is 1.36. The number of amides is 1. The topological polar surface area (TPSA) is 72.2 Å². The Balaban J connectivity index is 1.46. The normalized spacial score (nSPS) is 12.4. The molecule has 4 aromatic rings. The number of benzene rings is 2. The van der Waals surface area contributed by atoms with Gasteiger partial charge in [-0.3, -0.25) is 9.20 Å². The van der Waals surface area contributed by atoms with Gasteiger partial charge in [0, 0.05) is 11.4 Å². The third kappa shape index (κ3) is 3.57. The lowest BCUT2D eigenvalue weighted by Crippen LogP contribution is -2.28. The molecule has 0 aliphatic carbocycles. The summed E-state index contributed by atoms with van der Waals surface area (Å²) < 4.78 is 1.87. The van der Waals surface area contributed by atoms with Crippen LogP contribution in [0.3, 0.4) is 0 Å². The van der Waals surface area contributed by atoms with Crippen LogP contribution < -0.4 is 5.32 Å².